The van der Waals surface area contributed by atoms with Crippen molar-refractivity contribution in [3.05, 3.63) is 22.9 Å². The quantitative estimate of drug-likeness (QED) is 0.670. The molecular formula is C14H12F6N2O. The van der Waals surface area contributed by atoms with E-state index in [1.165, 1.54) is 7.05 Å². The lowest BCUT2D eigenvalue weighted by Gasteiger charge is -2.15. The SMILES string of the molecule is CNc1nc(C)c(C(F)(F)F)cc1C(=O)C12CC1(C(F)(F)F)C2. The molecule has 2 saturated carbocycles. The van der Waals surface area contributed by atoms with E-state index in [2.05, 4.69) is 10.3 Å². The van der Waals surface area contributed by atoms with Crippen molar-refractivity contribution in [2.75, 3.05) is 12.4 Å². The first-order valence-electron chi connectivity index (χ1n) is 6.78. The minimum Gasteiger partial charge on any atom is -0.373 e. The first-order valence-corrected chi connectivity index (χ1v) is 6.78. The van der Waals surface area contributed by atoms with E-state index in [4.69, 9.17) is 0 Å². The highest BCUT2D eigenvalue weighted by Gasteiger charge is 2.96. The standard InChI is InChI=1S/C14H12F6N2O/c1-6-8(13(15,16)17)3-7(10(21-2)22-6)9(23)11-4-12(11,5-11)14(18,19)20/h3H,4-5H2,1-2H3,(H,21,22). The third-order valence-electron chi connectivity index (χ3n) is 4.85. The lowest BCUT2D eigenvalue weighted by Crippen LogP contribution is -2.18. The fourth-order valence-electron chi connectivity index (χ4n) is 3.25. The Morgan fingerprint density at radius 2 is 1.78 bits per heavy atom. The van der Waals surface area contributed by atoms with Gasteiger partial charge in [-0.05, 0) is 25.8 Å². The molecule has 0 radical (unpaired) electrons. The van der Waals surface area contributed by atoms with Crippen molar-refractivity contribution in [1.82, 2.24) is 4.98 Å². The van der Waals surface area contributed by atoms with Crippen LogP contribution in [-0.4, -0.2) is 24.0 Å². The summed E-state index contributed by atoms with van der Waals surface area (Å²) in [5.74, 6) is -1.05. The summed E-state index contributed by atoms with van der Waals surface area (Å²) in [7, 11) is 1.35. The molecule has 0 spiro atoms. The van der Waals surface area contributed by atoms with Gasteiger partial charge in [0, 0.05) is 12.5 Å². The summed E-state index contributed by atoms with van der Waals surface area (Å²) >= 11 is 0. The fourth-order valence-corrected chi connectivity index (χ4v) is 3.25. The Hall–Kier alpha value is -1.80. The topological polar surface area (TPSA) is 42.0 Å². The van der Waals surface area contributed by atoms with Gasteiger partial charge in [-0.1, -0.05) is 0 Å². The van der Waals surface area contributed by atoms with Crippen LogP contribution in [0.1, 0.15) is 34.5 Å². The number of alkyl halides is 6. The Morgan fingerprint density at radius 1 is 1.22 bits per heavy atom. The Morgan fingerprint density at radius 3 is 2.17 bits per heavy atom. The van der Waals surface area contributed by atoms with Crippen LogP contribution in [0.15, 0.2) is 6.07 Å². The molecule has 2 fully saturated rings. The summed E-state index contributed by atoms with van der Waals surface area (Å²) in [6, 6.07) is 0.600. The van der Waals surface area contributed by atoms with Crippen LogP contribution in [0.2, 0.25) is 0 Å². The summed E-state index contributed by atoms with van der Waals surface area (Å²) in [5, 5.41) is 2.49. The number of nitrogens with one attached hydrogen (secondary N) is 1. The molecule has 2 aliphatic rings. The average Bonchev–Trinajstić information content (AvgIpc) is 3.21. The fraction of sp³-hybridized carbons (Fsp3) is 0.571. The molecule has 0 amide bonds. The highest BCUT2D eigenvalue weighted by molar-refractivity contribution is 6.09. The minimum absolute atomic E-state index is 0.134. The van der Waals surface area contributed by atoms with E-state index in [-0.39, 0.29) is 24.4 Å². The molecule has 0 atom stereocenters. The van der Waals surface area contributed by atoms with Crippen molar-refractivity contribution >= 4 is 11.6 Å². The number of fused-ring (bicyclic) bond motifs is 1. The van der Waals surface area contributed by atoms with Gasteiger partial charge in [-0.25, -0.2) is 4.98 Å². The number of aromatic nitrogens is 1. The number of anilines is 1. The van der Waals surface area contributed by atoms with Crippen molar-refractivity contribution in [3.8, 4) is 0 Å². The van der Waals surface area contributed by atoms with Crippen molar-refractivity contribution in [2.24, 2.45) is 10.8 Å². The Bertz CT molecular complexity index is 700. The molecule has 0 bridgehead atoms. The van der Waals surface area contributed by atoms with Gasteiger partial charge in [0.1, 0.15) is 5.82 Å². The third kappa shape index (κ3) is 1.98. The lowest BCUT2D eigenvalue weighted by molar-refractivity contribution is -0.168. The van der Waals surface area contributed by atoms with Gasteiger partial charge in [0.25, 0.3) is 0 Å². The third-order valence-corrected chi connectivity index (χ3v) is 4.85. The molecule has 1 aromatic heterocycles. The van der Waals surface area contributed by atoms with Gasteiger partial charge in [-0.15, -0.1) is 0 Å². The molecule has 2 aliphatic carbocycles. The van der Waals surface area contributed by atoms with Gasteiger partial charge in [-0.2, -0.15) is 26.3 Å². The van der Waals surface area contributed by atoms with E-state index in [9.17, 15) is 31.1 Å². The summed E-state index contributed by atoms with van der Waals surface area (Å²) in [6.07, 6.45) is -9.97. The maximum Gasteiger partial charge on any atom is 0.418 e. The first kappa shape index (κ1) is 16.1. The monoisotopic (exact) mass is 338 g/mol. The smallest absolute Gasteiger partial charge is 0.373 e. The van der Waals surface area contributed by atoms with Gasteiger partial charge in [-0.3, -0.25) is 4.79 Å². The number of hydrogen-bond donors (Lipinski definition) is 1. The summed E-state index contributed by atoms with van der Waals surface area (Å²) < 4.78 is 77.7. The molecule has 23 heavy (non-hydrogen) atoms. The molecule has 0 saturated heterocycles. The van der Waals surface area contributed by atoms with E-state index < -0.39 is 40.1 Å². The van der Waals surface area contributed by atoms with Crippen LogP contribution in [0.3, 0.4) is 0 Å². The molecule has 9 heteroatoms. The molecular weight excluding hydrogens is 326 g/mol. The molecule has 3 nitrogen and oxygen atoms in total. The highest BCUT2D eigenvalue weighted by atomic mass is 19.4. The Balaban J connectivity index is 2.03. The predicted octanol–water partition coefficient (Wildman–Crippen LogP) is 3.98. The predicted molar refractivity (Wildman–Crippen MR) is 68.0 cm³/mol. The van der Waals surface area contributed by atoms with Gasteiger partial charge in [0.15, 0.2) is 5.78 Å². The van der Waals surface area contributed by atoms with Gasteiger partial charge < -0.3 is 5.32 Å². The van der Waals surface area contributed by atoms with E-state index in [0.29, 0.717) is 6.07 Å². The van der Waals surface area contributed by atoms with Crippen molar-refractivity contribution in [3.63, 3.8) is 0 Å². The van der Waals surface area contributed by atoms with Gasteiger partial charge in [0.2, 0.25) is 0 Å². The van der Waals surface area contributed by atoms with E-state index >= 15 is 0 Å². The van der Waals surface area contributed by atoms with E-state index in [0.717, 1.165) is 6.92 Å². The minimum atomic E-state index is -4.73. The van der Waals surface area contributed by atoms with Crippen LogP contribution in [-0.2, 0) is 6.18 Å². The number of hydrogen-bond acceptors (Lipinski definition) is 3. The van der Waals surface area contributed by atoms with Crippen LogP contribution in [0, 0.1) is 17.8 Å². The summed E-state index contributed by atoms with van der Waals surface area (Å²) in [6.45, 7) is 1.13. The number of rotatable bonds is 3. The number of aryl methyl sites for hydroxylation is 1. The second-order valence-electron chi connectivity index (χ2n) is 6.11. The van der Waals surface area contributed by atoms with Crippen LogP contribution < -0.4 is 5.32 Å². The number of Topliss-reactive ketones (excluding diaryl/α,β-unsaturated/α-hetero) is 1. The lowest BCUT2D eigenvalue weighted by atomic mass is 9.99. The van der Waals surface area contributed by atoms with Crippen LogP contribution in [0.5, 0.6) is 0 Å². The normalized spacial score (nSPS) is 29.0. The maximum absolute atomic E-state index is 13.0. The molecule has 1 N–H and O–H groups in total. The van der Waals surface area contributed by atoms with E-state index in [1.807, 2.05) is 0 Å². The number of nitrogens with zero attached hydrogens (tertiary/aromatic N) is 1. The van der Waals surface area contributed by atoms with Crippen LogP contribution in [0.4, 0.5) is 32.2 Å². The molecule has 1 aromatic rings. The molecule has 0 aliphatic heterocycles. The number of pyridine rings is 1. The zero-order chi connectivity index (χ0) is 17.4. The van der Waals surface area contributed by atoms with Crippen molar-refractivity contribution in [2.45, 2.75) is 32.1 Å². The molecule has 0 aromatic carbocycles. The van der Waals surface area contributed by atoms with Crippen molar-refractivity contribution in [1.29, 1.82) is 0 Å². The van der Waals surface area contributed by atoms with Gasteiger partial charge in [0.05, 0.1) is 22.2 Å². The Kier molecular flexibility index (Phi) is 2.92. The zero-order valence-corrected chi connectivity index (χ0v) is 12.1. The zero-order valence-electron chi connectivity index (χ0n) is 12.1. The second kappa shape index (κ2) is 4.18. The molecule has 3 rings (SSSR count). The summed E-state index contributed by atoms with van der Waals surface area (Å²) in [4.78, 5) is 16.1. The highest BCUT2D eigenvalue weighted by Crippen LogP contribution is 2.91. The first-order chi connectivity index (χ1) is 10.4. The molecule has 0 unspecified atom stereocenters. The number of carbonyl (C=O) groups excluding carboxylic acids is 1. The summed E-state index contributed by atoms with van der Waals surface area (Å²) in [5.41, 5.74) is -5.55. The Labute approximate surface area is 127 Å². The van der Waals surface area contributed by atoms with Gasteiger partial charge >= 0.3 is 12.4 Å². The molecule has 126 valence electrons. The average molecular weight is 338 g/mol. The maximum atomic E-state index is 13.0. The number of ketones is 1. The van der Waals surface area contributed by atoms with Crippen LogP contribution in [0.25, 0.3) is 0 Å². The number of carbonyl (C=O) groups is 1. The van der Waals surface area contributed by atoms with E-state index in [1.54, 1.807) is 0 Å². The largest absolute Gasteiger partial charge is 0.418 e. The second-order valence-corrected chi connectivity index (χ2v) is 6.11. The molecule has 1 heterocycles. The number of halogens is 6. The van der Waals surface area contributed by atoms with Crippen molar-refractivity contribution < 1.29 is 31.1 Å². The van der Waals surface area contributed by atoms with Crippen LogP contribution >= 0.6 is 0 Å².